The highest BCUT2D eigenvalue weighted by Gasteiger charge is 2.31. The van der Waals surface area contributed by atoms with Crippen molar-refractivity contribution in [2.75, 3.05) is 31.1 Å². The third-order valence-corrected chi connectivity index (χ3v) is 8.08. The van der Waals surface area contributed by atoms with Gasteiger partial charge in [0.1, 0.15) is 0 Å². The molecule has 7 heteroatoms. The topological polar surface area (TPSA) is 45.6 Å². The van der Waals surface area contributed by atoms with Gasteiger partial charge in [0.25, 0.3) is 10.0 Å². The fraction of sp³-hybridized carbons (Fsp3) is 0.364. The molecule has 0 aliphatic carbocycles. The fourth-order valence-corrected chi connectivity index (χ4v) is 6.35. The highest BCUT2D eigenvalue weighted by Crippen LogP contribution is 2.33. The van der Waals surface area contributed by atoms with Crippen molar-refractivity contribution in [1.82, 2.24) is 8.87 Å². The summed E-state index contributed by atoms with van der Waals surface area (Å²) in [4.78, 5) is 5.38. The molecule has 3 heterocycles. The van der Waals surface area contributed by atoms with Crippen molar-refractivity contribution >= 4 is 39.0 Å². The van der Waals surface area contributed by atoms with E-state index in [1.165, 1.54) is 23.4 Å². The Balaban J connectivity index is 0.00000205. The quantitative estimate of drug-likeness (QED) is 0.631. The van der Waals surface area contributed by atoms with Crippen molar-refractivity contribution < 1.29 is 8.42 Å². The number of aromatic nitrogens is 1. The number of piperazine rings is 1. The number of fused-ring (bicyclic) bond motifs is 2. The molecular formula is C22H26ClN3O2S. The van der Waals surface area contributed by atoms with Crippen LogP contribution < -0.4 is 4.90 Å². The number of hydrogen-bond donors (Lipinski definition) is 0. The summed E-state index contributed by atoms with van der Waals surface area (Å²) in [6.07, 6.45) is 4.24. The number of benzene rings is 2. The minimum absolute atomic E-state index is 0. The molecule has 29 heavy (non-hydrogen) atoms. The van der Waals surface area contributed by atoms with Gasteiger partial charge in [-0.05, 0) is 56.1 Å². The Bertz CT molecular complexity index is 1140. The Labute approximate surface area is 178 Å². The first-order valence-electron chi connectivity index (χ1n) is 9.96. The predicted octanol–water partition coefficient (Wildman–Crippen LogP) is 3.89. The van der Waals surface area contributed by atoms with Crippen LogP contribution in [-0.4, -0.2) is 49.5 Å². The standard InChI is InChI=1S/C22H25N3O2S.ClH/c1-17-6-2-3-10-22(17)28(26,27)25-13-11-19-20(8-4-9-21(19)25)24-15-14-23-12-5-7-18(23)16-24;/h2-4,6,8-11,13,18H,5,7,12,14-16H2,1H3;1H. The molecule has 1 aromatic heterocycles. The van der Waals surface area contributed by atoms with Gasteiger partial charge in [0, 0.05) is 42.9 Å². The second kappa shape index (κ2) is 7.67. The monoisotopic (exact) mass is 431 g/mol. The Morgan fingerprint density at radius 1 is 0.966 bits per heavy atom. The molecule has 0 amide bonds. The second-order valence-electron chi connectivity index (χ2n) is 7.87. The summed E-state index contributed by atoms with van der Waals surface area (Å²) in [5.41, 5.74) is 2.65. The summed E-state index contributed by atoms with van der Waals surface area (Å²) in [6, 6.07) is 15.7. The Kier molecular flexibility index (Phi) is 5.36. The van der Waals surface area contributed by atoms with Gasteiger partial charge in [-0.3, -0.25) is 4.90 Å². The van der Waals surface area contributed by atoms with Crippen LogP contribution >= 0.6 is 12.4 Å². The summed E-state index contributed by atoms with van der Waals surface area (Å²) >= 11 is 0. The number of hydrogen-bond acceptors (Lipinski definition) is 4. The molecule has 2 aliphatic heterocycles. The Hall–Kier alpha value is -2.02. The van der Waals surface area contributed by atoms with E-state index in [0.717, 1.165) is 41.8 Å². The average molecular weight is 432 g/mol. The van der Waals surface area contributed by atoms with Gasteiger partial charge < -0.3 is 4.90 Å². The van der Waals surface area contributed by atoms with Crippen LogP contribution in [0, 0.1) is 6.92 Å². The number of anilines is 1. The van der Waals surface area contributed by atoms with Gasteiger partial charge in [-0.25, -0.2) is 12.4 Å². The van der Waals surface area contributed by atoms with Crippen LogP contribution in [0.5, 0.6) is 0 Å². The van der Waals surface area contributed by atoms with Gasteiger partial charge in [-0.1, -0.05) is 24.3 Å². The van der Waals surface area contributed by atoms with E-state index >= 15 is 0 Å². The molecule has 2 aromatic carbocycles. The first-order chi connectivity index (χ1) is 13.6. The molecule has 0 saturated carbocycles. The van der Waals surface area contributed by atoms with Crippen LogP contribution in [0.2, 0.25) is 0 Å². The highest BCUT2D eigenvalue weighted by molar-refractivity contribution is 7.90. The Morgan fingerprint density at radius 3 is 2.62 bits per heavy atom. The molecule has 5 nitrogen and oxygen atoms in total. The first kappa shape index (κ1) is 20.3. The van der Waals surface area contributed by atoms with E-state index in [-0.39, 0.29) is 12.4 Å². The predicted molar refractivity (Wildman–Crippen MR) is 120 cm³/mol. The molecule has 5 rings (SSSR count). The summed E-state index contributed by atoms with van der Waals surface area (Å²) in [5.74, 6) is 0. The van der Waals surface area contributed by atoms with Gasteiger partial charge in [0.05, 0.1) is 10.4 Å². The minimum atomic E-state index is -3.62. The number of aryl methyl sites for hydroxylation is 1. The van der Waals surface area contributed by atoms with E-state index in [2.05, 4.69) is 15.9 Å². The molecular weight excluding hydrogens is 406 g/mol. The van der Waals surface area contributed by atoms with Gasteiger partial charge in [0.15, 0.2) is 0 Å². The van der Waals surface area contributed by atoms with Crippen molar-refractivity contribution in [3.05, 3.63) is 60.3 Å². The molecule has 1 atom stereocenters. The molecule has 3 aromatic rings. The lowest BCUT2D eigenvalue weighted by atomic mass is 10.1. The summed E-state index contributed by atoms with van der Waals surface area (Å²) in [5, 5.41) is 1.01. The van der Waals surface area contributed by atoms with Gasteiger partial charge >= 0.3 is 0 Å². The van der Waals surface area contributed by atoms with Crippen molar-refractivity contribution in [3.8, 4) is 0 Å². The van der Waals surface area contributed by atoms with E-state index in [4.69, 9.17) is 0 Å². The van der Waals surface area contributed by atoms with E-state index < -0.39 is 10.0 Å². The average Bonchev–Trinajstić information content (AvgIpc) is 3.34. The molecule has 0 spiro atoms. The largest absolute Gasteiger partial charge is 0.368 e. The molecule has 0 bridgehead atoms. The maximum absolute atomic E-state index is 13.3. The van der Waals surface area contributed by atoms with Gasteiger partial charge in [-0.15, -0.1) is 12.4 Å². The number of rotatable bonds is 3. The van der Waals surface area contributed by atoms with Crippen LogP contribution in [0.1, 0.15) is 18.4 Å². The second-order valence-corrected chi connectivity index (χ2v) is 9.65. The maximum atomic E-state index is 13.3. The lowest BCUT2D eigenvalue weighted by Gasteiger charge is -2.39. The number of halogens is 1. The molecule has 2 aliphatic rings. The zero-order chi connectivity index (χ0) is 19.3. The Morgan fingerprint density at radius 2 is 1.79 bits per heavy atom. The third-order valence-electron chi connectivity index (χ3n) is 6.23. The minimum Gasteiger partial charge on any atom is -0.368 e. The maximum Gasteiger partial charge on any atom is 0.268 e. The van der Waals surface area contributed by atoms with E-state index in [9.17, 15) is 8.42 Å². The molecule has 0 radical (unpaired) electrons. The van der Waals surface area contributed by atoms with Crippen LogP contribution in [0.15, 0.2) is 59.6 Å². The van der Waals surface area contributed by atoms with Crippen molar-refractivity contribution in [2.24, 2.45) is 0 Å². The van der Waals surface area contributed by atoms with Gasteiger partial charge in [-0.2, -0.15) is 0 Å². The molecule has 0 N–H and O–H groups in total. The van der Waals surface area contributed by atoms with Crippen LogP contribution in [0.4, 0.5) is 5.69 Å². The van der Waals surface area contributed by atoms with E-state index in [1.807, 2.05) is 37.3 Å². The molecule has 2 saturated heterocycles. The molecule has 154 valence electrons. The van der Waals surface area contributed by atoms with E-state index in [0.29, 0.717) is 10.9 Å². The van der Waals surface area contributed by atoms with Crippen molar-refractivity contribution in [2.45, 2.75) is 30.7 Å². The van der Waals surface area contributed by atoms with Crippen LogP contribution in [-0.2, 0) is 10.0 Å². The van der Waals surface area contributed by atoms with Crippen molar-refractivity contribution in [1.29, 1.82) is 0 Å². The van der Waals surface area contributed by atoms with Crippen LogP contribution in [0.3, 0.4) is 0 Å². The molecule has 2 fully saturated rings. The lowest BCUT2D eigenvalue weighted by molar-refractivity contribution is 0.231. The normalized spacial score (nSPS) is 19.9. The smallest absolute Gasteiger partial charge is 0.268 e. The molecule has 1 unspecified atom stereocenters. The SMILES string of the molecule is Cc1ccccc1S(=O)(=O)n1ccc2c(N3CCN4CCCC4C3)cccc21.Cl. The summed E-state index contributed by atoms with van der Waals surface area (Å²) in [6.45, 7) is 6.16. The highest BCUT2D eigenvalue weighted by atomic mass is 35.5. The zero-order valence-corrected chi connectivity index (χ0v) is 18.1. The number of nitrogens with zero attached hydrogens (tertiary/aromatic N) is 3. The van der Waals surface area contributed by atoms with Crippen molar-refractivity contribution in [3.63, 3.8) is 0 Å². The van der Waals surface area contributed by atoms with Crippen LogP contribution in [0.25, 0.3) is 10.9 Å². The lowest BCUT2D eigenvalue weighted by Crippen LogP contribution is -2.50. The zero-order valence-electron chi connectivity index (χ0n) is 16.5. The summed E-state index contributed by atoms with van der Waals surface area (Å²) in [7, 11) is -3.62. The fourth-order valence-electron chi connectivity index (χ4n) is 4.77. The first-order valence-corrected chi connectivity index (χ1v) is 11.4. The third kappa shape index (κ3) is 3.33. The van der Waals surface area contributed by atoms with Gasteiger partial charge in [0.2, 0.25) is 0 Å². The van der Waals surface area contributed by atoms with E-state index in [1.54, 1.807) is 18.3 Å². The summed E-state index contributed by atoms with van der Waals surface area (Å²) < 4.78 is 28.0.